The van der Waals surface area contributed by atoms with Crippen molar-refractivity contribution in [1.29, 1.82) is 0 Å². The number of furan rings is 1. The van der Waals surface area contributed by atoms with Crippen LogP contribution in [0.15, 0.2) is 77.5 Å². The summed E-state index contributed by atoms with van der Waals surface area (Å²) >= 11 is 0. The van der Waals surface area contributed by atoms with Crippen molar-refractivity contribution >= 4 is 35.0 Å². The van der Waals surface area contributed by atoms with E-state index in [0.717, 1.165) is 16.0 Å². The van der Waals surface area contributed by atoms with E-state index in [-0.39, 0.29) is 22.9 Å². The van der Waals surface area contributed by atoms with Gasteiger partial charge in [0, 0.05) is 18.3 Å². The van der Waals surface area contributed by atoms with Crippen LogP contribution in [0.5, 0.6) is 0 Å². The summed E-state index contributed by atoms with van der Waals surface area (Å²) in [5, 5.41) is 11.0. The summed E-state index contributed by atoms with van der Waals surface area (Å²) in [6.07, 6.45) is 5.04. The van der Waals surface area contributed by atoms with Crippen LogP contribution >= 0.6 is 0 Å². The van der Waals surface area contributed by atoms with Gasteiger partial charge in [0.05, 0.1) is 34.8 Å². The van der Waals surface area contributed by atoms with Crippen molar-refractivity contribution in [2.24, 2.45) is 11.8 Å². The normalized spacial score (nSPS) is 24.7. The standard InChI is InChI=1S/C25H17N3O6/c29-23(18-6-3-13-34-18)22-20-19(21-17-5-2-1-4-14(17)11-12-26(21)22)24(30)27(25(20)31)15-7-9-16(10-8-15)28(32)33/h1-13,19-22H/t19-,20+,21+,22-/m0/s1. The number of nitro benzene ring substituents is 1. The van der Waals surface area contributed by atoms with E-state index < -0.39 is 40.7 Å². The van der Waals surface area contributed by atoms with Crippen molar-refractivity contribution in [2.75, 3.05) is 4.90 Å². The number of Topliss-reactive ketones (excluding diaryl/α,β-unsaturated/α-hetero) is 1. The van der Waals surface area contributed by atoms with Gasteiger partial charge >= 0.3 is 0 Å². The van der Waals surface area contributed by atoms with Crippen molar-refractivity contribution in [1.82, 2.24) is 4.90 Å². The maximum atomic E-state index is 13.7. The molecule has 168 valence electrons. The maximum absolute atomic E-state index is 13.7. The summed E-state index contributed by atoms with van der Waals surface area (Å²) in [5.41, 5.74) is 1.88. The molecule has 9 nitrogen and oxygen atoms in total. The zero-order chi connectivity index (χ0) is 23.6. The molecule has 4 heterocycles. The highest BCUT2D eigenvalue weighted by atomic mass is 16.6. The molecule has 2 saturated heterocycles. The lowest BCUT2D eigenvalue weighted by molar-refractivity contribution is -0.384. The molecule has 0 N–H and O–H groups in total. The summed E-state index contributed by atoms with van der Waals surface area (Å²) in [5.74, 6) is -2.92. The van der Waals surface area contributed by atoms with Gasteiger partial charge in [0.1, 0.15) is 6.04 Å². The number of benzene rings is 2. The van der Waals surface area contributed by atoms with Crippen LogP contribution in [0.25, 0.3) is 6.08 Å². The topological polar surface area (TPSA) is 114 Å². The molecular formula is C25H17N3O6. The number of amides is 2. The average molecular weight is 455 g/mol. The number of nitro groups is 1. The minimum atomic E-state index is -0.930. The number of hydrogen-bond acceptors (Lipinski definition) is 7. The Morgan fingerprint density at radius 2 is 1.68 bits per heavy atom. The third-order valence-corrected chi connectivity index (χ3v) is 6.81. The Morgan fingerprint density at radius 1 is 0.941 bits per heavy atom. The van der Waals surface area contributed by atoms with Crippen LogP contribution in [-0.2, 0) is 9.59 Å². The summed E-state index contributed by atoms with van der Waals surface area (Å²) in [6.45, 7) is 0. The highest BCUT2D eigenvalue weighted by Gasteiger charge is 2.64. The van der Waals surface area contributed by atoms with Gasteiger partial charge in [-0.15, -0.1) is 0 Å². The molecule has 4 atom stereocenters. The monoisotopic (exact) mass is 455 g/mol. The van der Waals surface area contributed by atoms with Crippen molar-refractivity contribution in [2.45, 2.75) is 12.1 Å². The number of fused-ring (bicyclic) bond motifs is 5. The Labute approximate surface area is 193 Å². The van der Waals surface area contributed by atoms with Gasteiger partial charge in [-0.1, -0.05) is 24.3 Å². The first kappa shape index (κ1) is 20.1. The highest BCUT2D eigenvalue weighted by Crippen LogP contribution is 2.53. The largest absolute Gasteiger partial charge is 0.461 e. The smallest absolute Gasteiger partial charge is 0.269 e. The molecule has 0 saturated carbocycles. The van der Waals surface area contributed by atoms with Crippen molar-refractivity contribution in [3.63, 3.8) is 0 Å². The van der Waals surface area contributed by atoms with E-state index in [1.165, 1.54) is 30.5 Å². The average Bonchev–Trinajstić information content (AvgIpc) is 3.55. The Bertz CT molecular complexity index is 1380. The predicted octanol–water partition coefficient (Wildman–Crippen LogP) is 3.59. The van der Waals surface area contributed by atoms with Gasteiger partial charge in [0.2, 0.25) is 17.6 Å². The van der Waals surface area contributed by atoms with Gasteiger partial charge in [0.15, 0.2) is 5.76 Å². The fourth-order valence-electron chi connectivity index (χ4n) is 5.40. The molecule has 2 fully saturated rings. The van der Waals surface area contributed by atoms with E-state index >= 15 is 0 Å². The third kappa shape index (κ3) is 2.70. The summed E-state index contributed by atoms with van der Waals surface area (Å²) in [4.78, 5) is 54.3. The maximum Gasteiger partial charge on any atom is 0.269 e. The Balaban J connectivity index is 1.47. The van der Waals surface area contributed by atoms with Crippen LogP contribution in [0.1, 0.15) is 27.7 Å². The van der Waals surface area contributed by atoms with Crippen LogP contribution in [0, 0.1) is 22.0 Å². The molecule has 2 aromatic carbocycles. The molecule has 2 amide bonds. The number of rotatable bonds is 4. The van der Waals surface area contributed by atoms with Crippen molar-refractivity contribution < 1.29 is 23.7 Å². The van der Waals surface area contributed by atoms with Gasteiger partial charge in [-0.2, -0.15) is 0 Å². The van der Waals surface area contributed by atoms with Crippen molar-refractivity contribution in [3.05, 3.63) is 100 Å². The molecular weight excluding hydrogens is 438 g/mol. The first-order valence-corrected chi connectivity index (χ1v) is 10.7. The van der Waals surface area contributed by atoms with Gasteiger partial charge in [0.25, 0.3) is 5.69 Å². The van der Waals surface area contributed by atoms with Crippen LogP contribution in [-0.4, -0.2) is 33.5 Å². The SMILES string of the molecule is O=C(c1ccco1)[C@@H]1[C@@H]2C(=O)N(c3ccc([N+](=O)[O-])cc3)C(=O)[C@@H]2[C@H]2c3ccccc3C=CN12. The van der Waals surface area contributed by atoms with E-state index in [4.69, 9.17) is 4.42 Å². The Kier molecular flexibility index (Phi) is 4.28. The number of carbonyl (C=O) groups excluding carboxylic acids is 3. The molecule has 3 aliphatic rings. The van der Waals surface area contributed by atoms with E-state index in [0.29, 0.717) is 0 Å². The second-order valence-corrected chi connectivity index (χ2v) is 8.46. The van der Waals surface area contributed by atoms with E-state index in [2.05, 4.69) is 0 Å². The molecule has 34 heavy (non-hydrogen) atoms. The van der Waals surface area contributed by atoms with E-state index in [1.54, 1.807) is 23.2 Å². The molecule has 0 spiro atoms. The Hall–Kier alpha value is -4.53. The quantitative estimate of drug-likeness (QED) is 0.256. The van der Waals surface area contributed by atoms with Crippen LogP contribution < -0.4 is 4.90 Å². The third-order valence-electron chi connectivity index (χ3n) is 6.81. The number of hydrogen-bond donors (Lipinski definition) is 0. The lowest BCUT2D eigenvalue weighted by Gasteiger charge is -2.35. The van der Waals surface area contributed by atoms with Crippen LogP contribution in [0.2, 0.25) is 0 Å². The number of non-ortho nitro benzene ring substituents is 1. The van der Waals surface area contributed by atoms with Crippen LogP contribution in [0.3, 0.4) is 0 Å². The van der Waals surface area contributed by atoms with E-state index in [1.807, 2.05) is 30.3 Å². The second kappa shape index (κ2) is 7.24. The van der Waals surface area contributed by atoms with Gasteiger partial charge in [-0.25, -0.2) is 4.90 Å². The molecule has 9 heteroatoms. The molecule has 0 bridgehead atoms. The zero-order valence-electron chi connectivity index (χ0n) is 17.6. The van der Waals surface area contributed by atoms with Gasteiger partial charge < -0.3 is 9.32 Å². The lowest BCUT2D eigenvalue weighted by atomic mass is 9.84. The van der Waals surface area contributed by atoms with Crippen molar-refractivity contribution in [3.8, 4) is 0 Å². The number of nitrogens with zero attached hydrogens (tertiary/aromatic N) is 3. The molecule has 6 rings (SSSR count). The number of carbonyl (C=O) groups is 3. The van der Waals surface area contributed by atoms with Crippen LogP contribution in [0.4, 0.5) is 11.4 Å². The summed E-state index contributed by atoms with van der Waals surface area (Å²) in [6, 6.07) is 14.6. The number of anilines is 1. The van der Waals surface area contributed by atoms with E-state index in [9.17, 15) is 24.5 Å². The molecule has 0 unspecified atom stereocenters. The second-order valence-electron chi connectivity index (χ2n) is 8.46. The fraction of sp³-hybridized carbons (Fsp3) is 0.160. The number of ketones is 1. The fourth-order valence-corrected chi connectivity index (χ4v) is 5.40. The van der Waals surface area contributed by atoms with Gasteiger partial charge in [-0.05, 0) is 41.5 Å². The highest BCUT2D eigenvalue weighted by molar-refractivity contribution is 6.24. The van der Waals surface area contributed by atoms with Gasteiger partial charge in [-0.3, -0.25) is 24.5 Å². The Morgan fingerprint density at radius 3 is 2.38 bits per heavy atom. The minimum Gasteiger partial charge on any atom is -0.461 e. The molecule has 0 radical (unpaired) electrons. The molecule has 3 aromatic rings. The summed E-state index contributed by atoms with van der Waals surface area (Å²) < 4.78 is 5.34. The number of imide groups is 1. The molecule has 1 aromatic heterocycles. The first-order valence-electron chi connectivity index (χ1n) is 10.7. The zero-order valence-corrected chi connectivity index (χ0v) is 17.6. The summed E-state index contributed by atoms with van der Waals surface area (Å²) in [7, 11) is 0. The molecule has 3 aliphatic heterocycles. The predicted molar refractivity (Wildman–Crippen MR) is 119 cm³/mol. The first-order chi connectivity index (χ1) is 16.5. The lowest BCUT2D eigenvalue weighted by Crippen LogP contribution is -2.44. The minimum absolute atomic E-state index is 0.116. The molecule has 0 aliphatic carbocycles.